The fraction of sp³-hybridized carbons (Fsp3) is 0.647. The molecule has 4 heteroatoms. The first kappa shape index (κ1) is 15.8. The van der Waals surface area contributed by atoms with Gasteiger partial charge in [0.25, 0.3) is 11.6 Å². The van der Waals surface area contributed by atoms with Crippen LogP contribution in [0.5, 0.6) is 0 Å². The molecule has 2 heterocycles. The molecule has 0 saturated carbocycles. The average molecular weight is 290 g/mol. The van der Waals surface area contributed by atoms with Crippen molar-refractivity contribution in [2.24, 2.45) is 28.2 Å². The average Bonchev–Trinajstić information content (AvgIpc) is 2.94. The second-order valence-electron chi connectivity index (χ2n) is 6.14. The van der Waals surface area contributed by atoms with Gasteiger partial charge in [0.05, 0.1) is 28.2 Å². The Kier molecular flexibility index (Phi) is 5.59. The lowest BCUT2D eigenvalue weighted by molar-refractivity contribution is -0.678. The summed E-state index contributed by atoms with van der Waals surface area (Å²) < 4.78 is 8.93. The third-order valence-corrected chi connectivity index (χ3v) is 4.46. The Morgan fingerprint density at radius 2 is 1.10 bits per heavy atom. The van der Waals surface area contributed by atoms with Crippen LogP contribution in [0.15, 0.2) is 24.8 Å². The standard InChI is InChI=1S/C17H30N4/c1-18-12-13-19(2)16(18)10-8-6-5-7-9-11-17-20(3)14-15-21(17)4/h12-15H,5-11H2,1-4H3/q+2. The molecule has 0 radical (unpaired) electrons. The number of aromatic nitrogens is 4. The van der Waals surface area contributed by atoms with Gasteiger partial charge in [-0.1, -0.05) is 19.3 Å². The highest BCUT2D eigenvalue weighted by Crippen LogP contribution is 2.08. The van der Waals surface area contributed by atoms with E-state index in [0.717, 1.165) is 0 Å². The lowest BCUT2D eigenvalue weighted by atomic mass is 10.1. The van der Waals surface area contributed by atoms with Crippen LogP contribution in [-0.4, -0.2) is 9.13 Å². The van der Waals surface area contributed by atoms with Gasteiger partial charge in [-0.25, -0.2) is 18.3 Å². The largest absolute Gasteiger partial charge is 0.255 e. The van der Waals surface area contributed by atoms with Gasteiger partial charge in [-0.05, 0) is 12.8 Å². The van der Waals surface area contributed by atoms with Gasteiger partial charge in [0.15, 0.2) is 0 Å². The van der Waals surface area contributed by atoms with E-state index in [-0.39, 0.29) is 0 Å². The van der Waals surface area contributed by atoms with Crippen molar-refractivity contribution in [2.75, 3.05) is 0 Å². The first-order valence-electron chi connectivity index (χ1n) is 8.09. The van der Waals surface area contributed by atoms with Crippen LogP contribution in [0.1, 0.15) is 43.8 Å². The summed E-state index contributed by atoms with van der Waals surface area (Å²) in [7, 11) is 8.54. The van der Waals surface area contributed by atoms with Crippen molar-refractivity contribution < 1.29 is 9.13 Å². The third-order valence-electron chi connectivity index (χ3n) is 4.46. The zero-order chi connectivity index (χ0) is 15.2. The Labute approximate surface area is 128 Å². The molecule has 0 unspecified atom stereocenters. The van der Waals surface area contributed by atoms with Crippen molar-refractivity contribution in [1.29, 1.82) is 0 Å². The predicted octanol–water partition coefficient (Wildman–Crippen LogP) is 1.75. The fourth-order valence-electron chi connectivity index (χ4n) is 3.04. The van der Waals surface area contributed by atoms with Gasteiger partial charge in [-0.3, -0.25) is 0 Å². The Balaban J connectivity index is 1.59. The second-order valence-corrected chi connectivity index (χ2v) is 6.14. The molecule has 0 aliphatic rings. The Morgan fingerprint density at radius 1 is 0.714 bits per heavy atom. The first-order valence-corrected chi connectivity index (χ1v) is 8.09. The van der Waals surface area contributed by atoms with Crippen molar-refractivity contribution >= 4 is 0 Å². The molecule has 116 valence electrons. The molecule has 2 aromatic heterocycles. The number of rotatable bonds is 8. The highest BCUT2D eigenvalue weighted by Gasteiger charge is 2.11. The number of unbranched alkanes of at least 4 members (excludes halogenated alkanes) is 4. The van der Waals surface area contributed by atoms with Gasteiger partial charge in [0.1, 0.15) is 24.8 Å². The van der Waals surface area contributed by atoms with Crippen LogP contribution in [0.2, 0.25) is 0 Å². The summed E-state index contributed by atoms with van der Waals surface area (Å²) >= 11 is 0. The minimum absolute atomic E-state index is 1.19. The highest BCUT2D eigenvalue weighted by molar-refractivity contribution is 4.83. The third kappa shape index (κ3) is 4.19. The SMILES string of the molecule is Cn1cc[n+](C)c1CCCCCCCc1n(C)cc[n+]1C. The minimum atomic E-state index is 1.19. The summed E-state index contributed by atoms with van der Waals surface area (Å²) in [5, 5.41) is 0. The van der Waals surface area contributed by atoms with Crippen LogP contribution in [0.4, 0.5) is 0 Å². The topological polar surface area (TPSA) is 17.6 Å². The quantitative estimate of drug-likeness (QED) is 0.521. The number of hydrogen-bond acceptors (Lipinski definition) is 0. The van der Waals surface area contributed by atoms with Gasteiger partial charge < -0.3 is 0 Å². The Morgan fingerprint density at radius 3 is 1.43 bits per heavy atom. The summed E-state index contributed by atoms with van der Waals surface area (Å²) in [6.45, 7) is 0. The van der Waals surface area contributed by atoms with Crippen molar-refractivity contribution in [3.63, 3.8) is 0 Å². The van der Waals surface area contributed by atoms with E-state index in [0.29, 0.717) is 0 Å². The number of imidazole rings is 2. The maximum atomic E-state index is 2.23. The van der Waals surface area contributed by atoms with Crippen LogP contribution in [0.3, 0.4) is 0 Å². The van der Waals surface area contributed by atoms with Gasteiger partial charge in [0, 0.05) is 12.8 Å². The predicted molar refractivity (Wildman–Crippen MR) is 83.7 cm³/mol. The molecule has 0 saturated heterocycles. The molecule has 0 aliphatic carbocycles. The van der Waals surface area contributed by atoms with E-state index in [2.05, 4.69) is 71.2 Å². The zero-order valence-corrected chi connectivity index (χ0v) is 14.0. The van der Waals surface area contributed by atoms with Gasteiger partial charge >= 0.3 is 0 Å². The Hall–Kier alpha value is -1.58. The van der Waals surface area contributed by atoms with Gasteiger partial charge in [-0.15, -0.1) is 0 Å². The maximum Gasteiger partial charge on any atom is 0.255 e. The molecule has 2 rings (SSSR count). The molecule has 0 bridgehead atoms. The molecular formula is C17H30N4+2. The number of nitrogens with zero attached hydrogens (tertiary/aromatic N) is 4. The summed E-state index contributed by atoms with van der Waals surface area (Å²) in [6.07, 6.45) is 17.5. The second kappa shape index (κ2) is 7.43. The summed E-state index contributed by atoms with van der Waals surface area (Å²) in [4.78, 5) is 0. The van der Waals surface area contributed by atoms with Crippen molar-refractivity contribution in [3.05, 3.63) is 36.4 Å². The molecular weight excluding hydrogens is 260 g/mol. The molecule has 2 aromatic rings. The molecule has 0 aliphatic heterocycles. The van der Waals surface area contributed by atoms with E-state index in [4.69, 9.17) is 0 Å². The zero-order valence-electron chi connectivity index (χ0n) is 14.0. The van der Waals surface area contributed by atoms with Gasteiger partial charge in [-0.2, -0.15) is 0 Å². The van der Waals surface area contributed by atoms with E-state index >= 15 is 0 Å². The van der Waals surface area contributed by atoms with Crippen molar-refractivity contribution in [1.82, 2.24) is 9.13 Å². The van der Waals surface area contributed by atoms with E-state index in [1.807, 2.05) is 0 Å². The van der Waals surface area contributed by atoms with E-state index in [1.165, 1.54) is 56.6 Å². The highest BCUT2D eigenvalue weighted by atomic mass is 15.1. The summed E-state index contributed by atoms with van der Waals surface area (Å²) in [6, 6.07) is 0. The first-order chi connectivity index (χ1) is 10.1. The normalized spacial score (nSPS) is 11.2. The molecule has 0 aromatic carbocycles. The van der Waals surface area contributed by atoms with Crippen LogP contribution in [0, 0.1) is 0 Å². The lowest BCUT2D eigenvalue weighted by Crippen LogP contribution is -2.31. The molecule has 4 nitrogen and oxygen atoms in total. The van der Waals surface area contributed by atoms with Crippen molar-refractivity contribution in [2.45, 2.75) is 44.9 Å². The molecule has 21 heavy (non-hydrogen) atoms. The minimum Gasteiger partial charge on any atom is -0.237 e. The number of aryl methyl sites for hydroxylation is 4. The monoisotopic (exact) mass is 290 g/mol. The molecule has 0 amide bonds. The van der Waals surface area contributed by atoms with E-state index in [9.17, 15) is 0 Å². The molecule has 0 fully saturated rings. The van der Waals surface area contributed by atoms with Crippen LogP contribution >= 0.6 is 0 Å². The molecule has 0 spiro atoms. The van der Waals surface area contributed by atoms with Crippen molar-refractivity contribution in [3.8, 4) is 0 Å². The van der Waals surface area contributed by atoms with Gasteiger partial charge in [0.2, 0.25) is 0 Å². The van der Waals surface area contributed by atoms with Crippen LogP contribution in [0.25, 0.3) is 0 Å². The summed E-state index contributed by atoms with van der Waals surface area (Å²) in [5.41, 5.74) is 0. The fourth-order valence-corrected chi connectivity index (χ4v) is 3.04. The molecule has 0 atom stereocenters. The maximum absolute atomic E-state index is 2.23. The van der Waals surface area contributed by atoms with E-state index < -0.39 is 0 Å². The summed E-state index contributed by atoms with van der Waals surface area (Å²) in [5.74, 6) is 2.84. The smallest absolute Gasteiger partial charge is 0.237 e. The number of hydrogen-bond donors (Lipinski definition) is 0. The van der Waals surface area contributed by atoms with E-state index in [1.54, 1.807) is 0 Å². The van der Waals surface area contributed by atoms with Crippen LogP contribution in [-0.2, 0) is 41.0 Å². The molecule has 0 N–H and O–H groups in total. The Bertz CT molecular complexity index is 476. The lowest BCUT2D eigenvalue weighted by Gasteiger charge is -2.01. The van der Waals surface area contributed by atoms with Crippen LogP contribution < -0.4 is 9.13 Å².